The summed E-state index contributed by atoms with van der Waals surface area (Å²) in [6.45, 7) is 0.176. The van der Waals surface area contributed by atoms with Crippen LogP contribution in [0, 0.1) is 0 Å². The quantitative estimate of drug-likeness (QED) is 0.661. The third-order valence-electron chi connectivity index (χ3n) is 1.72. The van der Waals surface area contributed by atoms with Gasteiger partial charge in [-0.05, 0) is 24.4 Å². The zero-order valence-corrected chi connectivity index (χ0v) is 9.23. The first-order valence-corrected chi connectivity index (χ1v) is 4.93. The number of thiocarbonyl (C=S) groups is 1. The third kappa shape index (κ3) is 4.42. The van der Waals surface area contributed by atoms with E-state index in [-0.39, 0.29) is 12.5 Å². The van der Waals surface area contributed by atoms with Gasteiger partial charge >= 0.3 is 0 Å². The number of nitrogens with one attached hydrogen (secondary N) is 3. The van der Waals surface area contributed by atoms with Gasteiger partial charge in [0.2, 0.25) is 5.91 Å². The standard InChI is InChI=1S/C10H13N3OS/c1-11-9(14)7-12-10(15)13-8-5-3-2-4-6-8/h2-6H,7H2,1H3,(H,11,14)(H2,12,13,15). The second-order valence-electron chi connectivity index (χ2n) is 2.85. The monoisotopic (exact) mass is 223 g/mol. The molecule has 0 aliphatic rings. The molecule has 1 aromatic carbocycles. The molecule has 0 fully saturated rings. The molecule has 0 heterocycles. The molecule has 1 aromatic rings. The van der Waals surface area contributed by atoms with E-state index in [2.05, 4.69) is 16.0 Å². The number of benzene rings is 1. The predicted molar refractivity (Wildman–Crippen MR) is 64.7 cm³/mol. The van der Waals surface area contributed by atoms with E-state index in [4.69, 9.17) is 12.2 Å². The Labute approximate surface area is 94.1 Å². The maximum absolute atomic E-state index is 10.9. The lowest BCUT2D eigenvalue weighted by Crippen LogP contribution is -2.37. The Morgan fingerprint density at radius 1 is 1.33 bits per heavy atom. The fourth-order valence-corrected chi connectivity index (χ4v) is 1.14. The summed E-state index contributed by atoms with van der Waals surface area (Å²) < 4.78 is 0. The highest BCUT2D eigenvalue weighted by atomic mass is 32.1. The smallest absolute Gasteiger partial charge is 0.239 e. The Kier molecular flexibility index (Phi) is 4.56. The molecule has 0 aliphatic carbocycles. The van der Waals surface area contributed by atoms with Crippen molar-refractivity contribution in [3.63, 3.8) is 0 Å². The van der Waals surface area contributed by atoms with Gasteiger partial charge in [-0.15, -0.1) is 0 Å². The minimum absolute atomic E-state index is 0.104. The Hall–Kier alpha value is -1.62. The molecule has 0 saturated heterocycles. The lowest BCUT2D eigenvalue weighted by Gasteiger charge is -2.09. The molecule has 5 heteroatoms. The number of carbonyl (C=O) groups excluding carboxylic acids is 1. The summed E-state index contributed by atoms with van der Waals surface area (Å²) in [6, 6.07) is 9.53. The minimum atomic E-state index is -0.104. The maximum atomic E-state index is 10.9. The van der Waals surface area contributed by atoms with E-state index in [1.807, 2.05) is 30.3 Å². The Bertz CT molecular complexity index is 340. The molecule has 0 radical (unpaired) electrons. The van der Waals surface area contributed by atoms with Gasteiger partial charge in [-0.3, -0.25) is 4.79 Å². The van der Waals surface area contributed by atoms with Crippen LogP contribution in [0.3, 0.4) is 0 Å². The Balaban J connectivity index is 2.34. The first kappa shape index (κ1) is 11.5. The average molecular weight is 223 g/mol. The van der Waals surface area contributed by atoms with Crippen molar-refractivity contribution in [1.29, 1.82) is 0 Å². The molecule has 1 rings (SSSR count). The van der Waals surface area contributed by atoms with E-state index in [0.717, 1.165) is 5.69 Å². The van der Waals surface area contributed by atoms with Gasteiger partial charge in [0, 0.05) is 12.7 Å². The van der Waals surface area contributed by atoms with Crippen LogP contribution in [-0.2, 0) is 4.79 Å². The van der Waals surface area contributed by atoms with Gasteiger partial charge in [0.15, 0.2) is 5.11 Å². The van der Waals surface area contributed by atoms with Crippen LogP contribution < -0.4 is 16.0 Å². The van der Waals surface area contributed by atoms with Gasteiger partial charge in [0.05, 0.1) is 6.54 Å². The van der Waals surface area contributed by atoms with E-state index >= 15 is 0 Å². The normalized spacial score (nSPS) is 9.13. The summed E-state index contributed by atoms with van der Waals surface area (Å²) >= 11 is 5.00. The molecular formula is C10H13N3OS. The van der Waals surface area contributed by atoms with E-state index < -0.39 is 0 Å². The van der Waals surface area contributed by atoms with Crippen molar-refractivity contribution in [1.82, 2.24) is 10.6 Å². The van der Waals surface area contributed by atoms with Crippen molar-refractivity contribution in [2.24, 2.45) is 0 Å². The molecule has 1 amide bonds. The van der Waals surface area contributed by atoms with Crippen molar-refractivity contribution in [2.45, 2.75) is 0 Å². The highest BCUT2D eigenvalue weighted by Crippen LogP contribution is 2.03. The third-order valence-corrected chi connectivity index (χ3v) is 1.97. The van der Waals surface area contributed by atoms with Crippen LogP contribution in [0.5, 0.6) is 0 Å². The van der Waals surface area contributed by atoms with Gasteiger partial charge in [0.25, 0.3) is 0 Å². The van der Waals surface area contributed by atoms with Gasteiger partial charge in [-0.2, -0.15) is 0 Å². The van der Waals surface area contributed by atoms with Crippen LogP contribution in [0.4, 0.5) is 5.69 Å². The minimum Gasteiger partial charge on any atom is -0.358 e. The van der Waals surface area contributed by atoms with Gasteiger partial charge in [0.1, 0.15) is 0 Å². The molecular weight excluding hydrogens is 210 g/mol. The zero-order valence-electron chi connectivity index (χ0n) is 8.41. The van der Waals surface area contributed by atoms with Crippen LogP contribution in [0.25, 0.3) is 0 Å². The number of hydrogen-bond acceptors (Lipinski definition) is 2. The van der Waals surface area contributed by atoms with Crippen LogP contribution >= 0.6 is 12.2 Å². The fourth-order valence-electron chi connectivity index (χ4n) is 0.946. The zero-order chi connectivity index (χ0) is 11.1. The largest absolute Gasteiger partial charge is 0.358 e. The second kappa shape index (κ2) is 5.98. The molecule has 4 nitrogen and oxygen atoms in total. The van der Waals surface area contributed by atoms with Crippen LogP contribution in [0.15, 0.2) is 30.3 Å². The number of likely N-dealkylation sites (N-methyl/N-ethyl adjacent to an activating group) is 1. The van der Waals surface area contributed by atoms with E-state index in [1.54, 1.807) is 7.05 Å². The Morgan fingerprint density at radius 2 is 2.00 bits per heavy atom. The summed E-state index contributed by atoms with van der Waals surface area (Å²) in [5.74, 6) is -0.104. The average Bonchev–Trinajstić information content (AvgIpc) is 2.27. The van der Waals surface area contributed by atoms with Gasteiger partial charge < -0.3 is 16.0 Å². The van der Waals surface area contributed by atoms with Crippen LogP contribution in [0.1, 0.15) is 0 Å². The maximum Gasteiger partial charge on any atom is 0.239 e. The molecule has 15 heavy (non-hydrogen) atoms. The Morgan fingerprint density at radius 3 is 2.60 bits per heavy atom. The molecule has 0 bridgehead atoms. The topological polar surface area (TPSA) is 53.2 Å². The molecule has 3 N–H and O–H groups in total. The summed E-state index contributed by atoms with van der Waals surface area (Å²) in [4.78, 5) is 10.9. The molecule has 0 aliphatic heterocycles. The van der Waals surface area contributed by atoms with Crippen molar-refractivity contribution in [3.05, 3.63) is 30.3 Å². The summed E-state index contributed by atoms with van der Waals surface area (Å²) in [5, 5.41) is 8.68. The number of amides is 1. The summed E-state index contributed by atoms with van der Waals surface area (Å²) in [5.41, 5.74) is 0.895. The first-order valence-electron chi connectivity index (χ1n) is 4.53. The number of carbonyl (C=O) groups is 1. The number of para-hydroxylation sites is 1. The van der Waals surface area contributed by atoms with Crippen molar-refractivity contribution in [2.75, 3.05) is 18.9 Å². The van der Waals surface area contributed by atoms with E-state index in [1.165, 1.54) is 0 Å². The highest BCUT2D eigenvalue weighted by molar-refractivity contribution is 7.80. The lowest BCUT2D eigenvalue weighted by atomic mass is 10.3. The van der Waals surface area contributed by atoms with Gasteiger partial charge in [-0.25, -0.2) is 0 Å². The molecule has 0 atom stereocenters. The molecule has 0 aromatic heterocycles. The number of rotatable bonds is 3. The highest BCUT2D eigenvalue weighted by Gasteiger charge is 1.99. The second-order valence-corrected chi connectivity index (χ2v) is 3.26. The molecule has 0 unspecified atom stereocenters. The molecule has 0 saturated carbocycles. The predicted octanol–water partition coefficient (Wildman–Crippen LogP) is 0.719. The van der Waals surface area contributed by atoms with E-state index in [9.17, 15) is 4.79 Å². The molecule has 0 spiro atoms. The molecule has 80 valence electrons. The fraction of sp³-hybridized carbons (Fsp3) is 0.200. The van der Waals surface area contributed by atoms with Crippen molar-refractivity contribution in [3.8, 4) is 0 Å². The SMILES string of the molecule is CNC(=O)CNC(=S)Nc1ccccc1. The van der Waals surface area contributed by atoms with Crippen LogP contribution in [0.2, 0.25) is 0 Å². The number of hydrogen-bond donors (Lipinski definition) is 3. The summed E-state index contributed by atoms with van der Waals surface area (Å²) in [6.07, 6.45) is 0. The van der Waals surface area contributed by atoms with Crippen molar-refractivity contribution >= 4 is 28.9 Å². The van der Waals surface area contributed by atoms with Crippen LogP contribution in [-0.4, -0.2) is 24.6 Å². The van der Waals surface area contributed by atoms with Gasteiger partial charge in [-0.1, -0.05) is 18.2 Å². The summed E-state index contributed by atoms with van der Waals surface area (Å²) in [7, 11) is 1.58. The lowest BCUT2D eigenvalue weighted by molar-refractivity contribution is -0.119. The first-order chi connectivity index (χ1) is 7.22. The van der Waals surface area contributed by atoms with E-state index in [0.29, 0.717) is 5.11 Å². The number of anilines is 1. The van der Waals surface area contributed by atoms with Crippen molar-refractivity contribution < 1.29 is 4.79 Å².